The number of rotatable bonds is 7. The van der Waals surface area contributed by atoms with Gasteiger partial charge < -0.3 is 10.1 Å². The average molecular weight is 410 g/mol. The highest BCUT2D eigenvalue weighted by atomic mass is 32.2. The van der Waals surface area contributed by atoms with Crippen LogP contribution in [-0.4, -0.2) is 36.8 Å². The van der Waals surface area contributed by atoms with Crippen LogP contribution in [0.4, 0.5) is 0 Å². The van der Waals surface area contributed by atoms with Crippen molar-refractivity contribution in [2.45, 2.75) is 24.8 Å². The second-order valence-corrected chi connectivity index (χ2v) is 8.88. The summed E-state index contributed by atoms with van der Waals surface area (Å²) in [5.74, 6) is 0.685. The molecular formula is C22H23N3O3S. The predicted molar refractivity (Wildman–Crippen MR) is 115 cm³/mol. The van der Waals surface area contributed by atoms with Gasteiger partial charge in [0.05, 0.1) is 16.6 Å². The molecule has 0 saturated carbocycles. The van der Waals surface area contributed by atoms with E-state index in [-0.39, 0.29) is 4.90 Å². The Bertz CT molecular complexity index is 1260. The van der Waals surface area contributed by atoms with E-state index in [9.17, 15) is 8.42 Å². The van der Waals surface area contributed by atoms with Crippen molar-refractivity contribution in [3.63, 3.8) is 0 Å². The van der Waals surface area contributed by atoms with Crippen molar-refractivity contribution in [2.75, 3.05) is 13.2 Å². The van der Waals surface area contributed by atoms with Crippen LogP contribution in [0, 0.1) is 0 Å². The molecule has 1 aromatic heterocycles. The quantitative estimate of drug-likeness (QED) is 0.470. The maximum atomic E-state index is 13.3. The number of nitrogens with one attached hydrogen (secondary N) is 1. The van der Waals surface area contributed by atoms with Crippen molar-refractivity contribution in [3.05, 3.63) is 66.9 Å². The summed E-state index contributed by atoms with van der Waals surface area (Å²) in [7, 11) is -3.84. The van der Waals surface area contributed by atoms with E-state index in [0.717, 1.165) is 16.0 Å². The lowest BCUT2D eigenvalue weighted by Crippen LogP contribution is -2.27. The molecule has 0 aliphatic heterocycles. The lowest BCUT2D eigenvalue weighted by atomic mass is 10.1. The molecule has 0 bridgehead atoms. The largest absolute Gasteiger partial charge is 0.492 e. The molecule has 0 spiro atoms. The van der Waals surface area contributed by atoms with Gasteiger partial charge in [-0.15, -0.1) is 0 Å². The van der Waals surface area contributed by atoms with E-state index in [1.165, 1.54) is 0 Å². The Labute approximate surface area is 170 Å². The highest BCUT2D eigenvalue weighted by molar-refractivity contribution is 7.90. The van der Waals surface area contributed by atoms with Gasteiger partial charge in [0.25, 0.3) is 10.0 Å². The van der Waals surface area contributed by atoms with Gasteiger partial charge in [-0.1, -0.05) is 50.2 Å². The van der Waals surface area contributed by atoms with Gasteiger partial charge in [-0.25, -0.2) is 0 Å². The van der Waals surface area contributed by atoms with Gasteiger partial charge in [0, 0.05) is 23.4 Å². The van der Waals surface area contributed by atoms with Crippen LogP contribution in [0.15, 0.2) is 71.8 Å². The molecule has 3 aromatic carbocycles. The van der Waals surface area contributed by atoms with E-state index < -0.39 is 10.0 Å². The first kappa shape index (κ1) is 19.4. The average Bonchev–Trinajstić information content (AvgIpc) is 3.15. The van der Waals surface area contributed by atoms with Crippen LogP contribution < -0.4 is 10.1 Å². The van der Waals surface area contributed by atoms with E-state index in [4.69, 9.17) is 4.74 Å². The molecule has 7 heteroatoms. The van der Waals surface area contributed by atoms with Crippen LogP contribution in [-0.2, 0) is 10.0 Å². The molecule has 1 heterocycles. The number of fused-ring (bicyclic) bond motifs is 2. The fraction of sp³-hybridized carbons (Fsp3) is 0.227. The molecular weight excluding hydrogens is 386 g/mol. The standard InChI is InChI=1S/C22H23N3O3S/c1-16(2)23-12-13-28-19-10-11-21-18(14-19)15-24-25(21)29(26,27)22-9-5-7-17-6-3-4-8-20(17)22/h3-11,14-16,23H,12-13H2,1-2H3. The molecule has 150 valence electrons. The molecule has 29 heavy (non-hydrogen) atoms. The summed E-state index contributed by atoms with van der Waals surface area (Å²) in [6.07, 6.45) is 1.55. The topological polar surface area (TPSA) is 73.2 Å². The third-order valence-corrected chi connectivity index (χ3v) is 6.34. The van der Waals surface area contributed by atoms with Gasteiger partial charge in [-0.05, 0) is 29.7 Å². The van der Waals surface area contributed by atoms with E-state index >= 15 is 0 Å². The molecule has 4 aromatic rings. The van der Waals surface area contributed by atoms with Crippen LogP contribution in [0.5, 0.6) is 5.75 Å². The zero-order valence-corrected chi connectivity index (χ0v) is 17.2. The van der Waals surface area contributed by atoms with Gasteiger partial charge in [0.15, 0.2) is 0 Å². The van der Waals surface area contributed by atoms with Crippen molar-refractivity contribution in [1.82, 2.24) is 14.5 Å². The van der Waals surface area contributed by atoms with Gasteiger partial charge in [-0.2, -0.15) is 17.6 Å². The van der Waals surface area contributed by atoms with Crippen LogP contribution in [0.3, 0.4) is 0 Å². The molecule has 0 fully saturated rings. The van der Waals surface area contributed by atoms with Crippen LogP contribution in [0.2, 0.25) is 0 Å². The smallest absolute Gasteiger partial charge is 0.284 e. The van der Waals surface area contributed by atoms with Gasteiger partial charge in [0.1, 0.15) is 12.4 Å². The zero-order chi connectivity index (χ0) is 20.4. The Kier molecular flexibility index (Phi) is 5.25. The second kappa shape index (κ2) is 7.85. The number of aromatic nitrogens is 2. The highest BCUT2D eigenvalue weighted by Crippen LogP contribution is 2.28. The highest BCUT2D eigenvalue weighted by Gasteiger charge is 2.22. The lowest BCUT2D eigenvalue weighted by Gasteiger charge is -2.11. The maximum absolute atomic E-state index is 13.3. The fourth-order valence-electron chi connectivity index (χ4n) is 3.30. The summed E-state index contributed by atoms with van der Waals surface area (Å²) in [5, 5.41) is 9.72. The fourth-order valence-corrected chi connectivity index (χ4v) is 4.80. The van der Waals surface area contributed by atoms with Crippen LogP contribution >= 0.6 is 0 Å². The van der Waals surface area contributed by atoms with E-state index in [1.807, 2.05) is 36.4 Å². The summed E-state index contributed by atoms with van der Waals surface area (Å²) < 4.78 is 33.5. The Morgan fingerprint density at radius 2 is 1.83 bits per heavy atom. The summed E-state index contributed by atoms with van der Waals surface area (Å²) in [6, 6.07) is 18.4. The van der Waals surface area contributed by atoms with Crippen molar-refractivity contribution in [1.29, 1.82) is 0 Å². The number of nitrogens with zero attached hydrogens (tertiary/aromatic N) is 2. The SMILES string of the molecule is CC(C)NCCOc1ccc2c(cnn2S(=O)(=O)c2cccc3ccccc23)c1. The van der Waals surface area contributed by atoms with Crippen molar-refractivity contribution in [2.24, 2.45) is 0 Å². The normalized spacial score (nSPS) is 12.1. The number of hydrogen-bond donors (Lipinski definition) is 1. The molecule has 0 radical (unpaired) electrons. The number of hydrogen-bond acceptors (Lipinski definition) is 5. The molecule has 0 atom stereocenters. The zero-order valence-electron chi connectivity index (χ0n) is 16.4. The van der Waals surface area contributed by atoms with E-state index in [0.29, 0.717) is 34.7 Å². The maximum Gasteiger partial charge on any atom is 0.284 e. The van der Waals surface area contributed by atoms with E-state index in [2.05, 4.69) is 24.3 Å². The minimum atomic E-state index is -3.84. The first-order valence-corrected chi connectivity index (χ1v) is 11.0. The molecule has 0 aliphatic rings. The summed E-state index contributed by atoms with van der Waals surface area (Å²) in [6.45, 7) is 5.43. The number of benzene rings is 3. The van der Waals surface area contributed by atoms with Gasteiger partial charge >= 0.3 is 0 Å². The Balaban J connectivity index is 1.67. The molecule has 1 N–H and O–H groups in total. The predicted octanol–water partition coefficient (Wildman–Crippen LogP) is 3.80. The Morgan fingerprint density at radius 3 is 2.66 bits per heavy atom. The van der Waals surface area contributed by atoms with Crippen LogP contribution in [0.25, 0.3) is 21.7 Å². The van der Waals surface area contributed by atoms with Crippen LogP contribution in [0.1, 0.15) is 13.8 Å². The second-order valence-electron chi connectivity index (χ2n) is 7.15. The van der Waals surface area contributed by atoms with Gasteiger partial charge in [-0.3, -0.25) is 0 Å². The number of ether oxygens (including phenoxy) is 1. The molecule has 6 nitrogen and oxygen atoms in total. The summed E-state index contributed by atoms with van der Waals surface area (Å²) in [4.78, 5) is 0.237. The first-order chi connectivity index (χ1) is 14.0. The Hall–Kier alpha value is -2.90. The molecule has 0 unspecified atom stereocenters. The third kappa shape index (κ3) is 3.83. The molecule has 0 aliphatic carbocycles. The van der Waals surface area contributed by atoms with Crippen molar-refractivity contribution >= 4 is 31.7 Å². The first-order valence-electron chi connectivity index (χ1n) is 9.54. The van der Waals surface area contributed by atoms with Crippen molar-refractivity contribution in [3.8, 4) is 5.75 Å². The monoisotopic (exact) mass is 409 g/mol. The van der Waals surface area contributed by atoms with E-state index in [1.54, 1.807) is 30.5 Å². The lowest BCUT2D eigenvalue weighted by molar-refractivity contribution is 0.309. The van der Waals surface area contributed by atoms with Gasteiger partial charge in [0.2, 0.25) is 0 Å². The Morgan fingerprint density at radius 1 is 1.03 bits per heavy atom. The summed E-state index contributed by atoms with van der Waals surface area (Å²) >= 11 is 0. The summed E-state index contributed by atoms with van der Waals surface area (Å²) in [5.41, 5.74) is 0.519. The third-order valence-electron chi connectivity index (χ3n) is 4.69. The molecule has 0 amide bonds. The molecule has 4 rings (SSSR count). The molecule has 0 saturated heterocycles. The minimum Gasteiger partial charge on any atom is -0.492 e. The minimum absolute atomic E-state index is 0.237. The van der Waals surface area contributed by atoms with Crippen molar-refractivity contribution < 1.29 is 13.2 Å².